The Morgan fingerprint density at radius 1 is 1.24 bits per heavy atom. The van der Waals surface area contributed by atoms with Gasteiger partial charge in [0.2, 0.25) is 0 Å². The van der Waals surface area contributed by atoms with Gasteiger partial charge >= 0.3 is 0 Å². The summed E-state index contributed by atoms with van der Waals surface area (Å²) in [6.07, 6.45) is 2.00. The average molecular weight is 249 g/mol. The Kier molecular flexibility index (Phi) is 5.33. The minimum atomic E-state index is 0.779. The lowest BCUT2D eigenvalue weighted by atomic mass is 10.2. The van der Waals surface area contributed by atoms with Gasteiger partial charge in [-0.25, -0.2) is 0 Å². The van der Waals surface area contributed by atoms with Crippen LogP contribution in [0.1, 0.15) is 5.56 Å². The number of anilines is 1. The third kappa shape index (κ3) is 3.65. The van der Waals surface area contributed by atoms with Crippen molar-refractivity contribution in [1.29, 1.82) is 5.26 Å². The molecule has 0 N–H and O–H groups in total. The number of likely N-dealkylation sites (N-methyl/N-ethyl adjacent to an activating group) is 2. The van der Waals surface area contributed by atoms with E-state index in [1.807, 2.05) is 31.5 Å². The van der Waals surface area contributed by atoms with Crippen molar-refractivity contribution in [1.82, 2.24) is 4.90 Å². The van der Waals surface area contributed by atoms with Gasteiger partial charge in [0, 0.05) is 25.0 Å². The van der Waals surface area contributed by atoms with Crippen LogP contribution in [-0.4, -0.2) is 45.4 Å². The van der Waals surface area contributed by atoms with Gasteiger partial charge in [-0.15, -0.1) is 11.8 Å². The highest BCUT2D eigenvalue weighted by atomic mass is 32.2. The van der Waals surface area contributed by atoms with Gasteiger partial charge in [0.25, 0.3) is 0 Å². The molecule has 92 valence electrons. The van der Waals surface area contributed by atoms with E-state index in [9.17, 15) is 5.26 Å². The van der Waals surface area contributed by atoms with Crippen LogP contribution in [0.25, 0.3) is 0 Å². The molecule has 4 heteroatoms. The number of hydrogen-bond donors (Lipinski definition) is 0. The molecule has 0 aliphatic heterocycles. The van der Waals surface area contributed by atoms with Crippen molar-refractivity contribution in [2.24, 2.45) is 0 Å². The molecule has 0 saturated heterocycles. The number of thioether (sulfide) groups is 1. The number of nitrogens with zero attached hydrogens (tertiary/aromatic N) is 3. The summed E-state index contributed by atoms with van der Waals surface area (Å²) in [5.74, 6) is 0. The summed E-state index contributed by atoms with van der Waals surface area (Å²) in [4.78, 5) is 5.32. The summed E-state index contributed by atoms with van der Waals surface area (Å²) < 4.78 is 0. The first-order chi connectivity index (χ1) is 8.10. The normalized spacial score (nSPS) is 10.4. The van der Waals surface area contributed by atoms with E-state index in [2.05, 4.69) is 30.0 Å². The SMILES string of the molecule is CSc1cccc(N(C)CCN(C)C)c1C#N. The van der Waals surface area contributed by atoms with Crippen LogP contribution in [0.5, 0.6) is 0 Å². The third-order valence-corrected chi connectivity index (χ3v) is 3.41. The molecular weight excluding hydrogens is 230 g/mol. The first kappa shape index (κ1) is 13.9. The lowest BCUT2D eigenvalue weighted by molar-refractivity contribution is 0.416. The van der Waals surface area contributed by atoms with Gasteiger partial charge in [-0.2, -0.15) is 5.26 Å². The Morgan fingerprint density at radius 2 is 1.94 bits per heavy atom. The van der Waals surface area contributed by atoms with Gasteiger partial charge in [0.15, 0.2) is 0 Å². The molecule has 0 radical (unpaired) electrons. The van der Waals surface area contributed by atoms with Crippen LogP contribution in [-0.2, 0) is 0 Å². The summed E-state index contributed by atoms with van der Waals surface area (Å²) >= 11 is 1.62. The molecule has 0 unspecified atom stereocenters. The standard InChI is InChI=1S/C13H19N3S/c1-15(2)8-9-16(3)12-6-5-7-13(17-4)11(12)10-14/h5-7H,8-9H2,1-4H3. The zero-order valence-corrected chi connectivity index (χ0v) is 11.7. The molecule has 0 aliphatic carbocycles. The van der Waals surface area contributed by atoms with Gasteiger partial charge in [-0.3, -0.25) is 0 Å². The quantitative estimate of drug-likeness (QED) is 0.749. The second-order valence-electron chi connectivity index (χ2n) is 4.19. The monoisotopic (exact) mass is 249 g/mol. The Hall–Kier alpha value is -1.18. The third-order valence-electron chi connectivity index (χ3n) is 2.63. The van der Waals surface area contributed by atoms with E-state index in [0.29, 0.717) is 0 Å². The summed E-state index contributed by atoms with van der Waals surface area (Å²) in [6, 6.07) is 8.32. The fourth-order valence-corrected chi connectivity index (χ4v) is 2.16. The van der Waals surface area contributed by atoms with Crippen molar-refractivity contribution < 1.29 is 0 Å². The summed E-state index contributed by atoms with van der Waals surface area (Å²) in [5, 5.41) is 9.26. The number of hydrogen-bond acceptors (Lipinski definition) is 4. The predicted octanol–water partition coefficient (Wildman–Crippen LogP) is 2.28. The van der Waals surface area contributed by atoms with Crippen LogP contribution < -0.4 is 4.90 Å². The first-order valence-electron chi connectivity index (χ1n) is 5.53. The maximum absolute atomic E-state index is 9.26. The largest absolute Gasteiger partial charge is 0.372 e. The van der Waals surface area contributed by atoms with Crippen LogP contribution in [0.3, 0.4) is 0 Å². The maximum atomic E-state index is 9.26. The van der Waals surface area contributed by atoms with Gasteiger partial charge in [0.05, 0.1) is 11.3 Å². The van der Waals surface area contributed by atoms with Crippen LogP contribution in [0.4, 0.5) is 5.69 Å². The van der Waals surface area contributed by atoms with Crippen LogP contribution in [0, 0.1) is 11.3 Å². The van der Waals surface area contributed by atoms with Crippen molar-refractivity contribution in [2.45, 2.75) is 4.90 Å². The Morgan fingerprint density at radius 3 is 2.47 bits per heavy atom. The summed E-state index contributed by atoms with van der Waals surface area (Å²) in [6.45, 7) is 1.89. The molecule has 0 fully saturated rings. The molecule has 0 saturated carbocycles. The van der Waals surface area contributed by atoms with Crippen molar-refractivity contribution in [2.75, 3.05) is 45.4 Å². The molecular formula is C13H19N3S. The maximum Gasteiger partial charge on any atom is 0.102 e. The van der Waals surface area contributed by atoms with Gasteiger partial charge in [0.1, 0.15) is 6.07 Å². The van der Waals surface area contributed by atoms with E-state index >= 15 is 0 Å². The lowest BCUT2D eigenvalue weighted by Gasteiger charge is -2.23. The van der Waals surface area contributed by atoms with Crippen LogP contribution in [0.15, 0.2) is 23.1 Å². The van der Waals surface area contributed by atoms with Crippen molar-refractivity contribution in [3.05, 3.63) is 23.8 Å². The first-order valence-corrected chi connectivity index (χ1v) is 6.75. The highest BCUT2D eigenvalue weighted by molar-refractivity contribution is 7.98. The molecule has 1 aromatic rings. The van der Waals surface area contributed by atoms with E-state index < -0.39 is 0 Å². The number of rotatable bonds is 5. The second-order valence-corrected chi connectivity index (χ2v) is 5.04. The number of benzene rings is 1. The fraction of sp³-hybridized carbons (Fsp3) is 0.462. The van der Waals surface area contributed by atoms with Crippen molar-refractivity contribution in [3.63, 3.8) is 0 Å². The minimum absolute atomic E-state index is 0.779. The van der Waals surface area contributed by atoms with E-state index in [1.165, 1.54) is 0 Å². The molecule has 0 heterocycles. The fourth-order valence-electron chi connectivity index (χ4n) is 1.59. The zero-order valence-electron chi connectivity index (χ0n) is 10.9. The van der Waals surface area contributed by atoms with Gasteiger partial charge < -0.3 is 9.80 Å². The topological polar surface area (TPSA) is 30.3 Å². The highest BCUT2D eigenvalue weighted by Crippen LogP contribution is 2.28. The average Bonchev–Trinajstić information content (AvgIpc) is 2.34. The van der Waals surface area contributed by atoms with E-state index in [0.717, 1.165) is 29.2 Å². The zero-order chi connectivity index (χ0) is 12.8. The Bertz CT molecular complexity index is 410. The van der Waals surface area contributed by atoms with Gasteiger partial charge in [-0.1, -0.05) is 6.07 Å². The molecule has 1 aromatic carbocycles. The molecule has 1 rings (SSSR count). The number of nitriles is 1. The molecule has 0 spiro atoms. The van der Waals surface area contributed by atoms with E-state index in [4.69, 9.17) is 0 Å². The minimum Gasteiger partial charge on any atom is -0.372 e. The highest BCUT2D eigenvalue weighted by Gasteiger charge is 2.10. The van der Waals surface area contributed by atoms with Crippen molar-refractivity contribution in [3.8, 4) is 6.07 Å². The smallest absolute Gasteiger partial charge is 0.102 e. The molecule has 0 amide bonds. The Balaban J connectivity index is 2.93. The molecule has 17 heavy (non-hydrogen) atoms. The lowest BCUT2D eigenvalue weighted by Crippen LogP contribution is -2.29. The van der Waals surface area contributed by atoms with Crippen LogP contribution in [0.2, 0.25) is 0 Å². The molecule has 0 bridgehead atoms. The predicted molar refractivity (Wildman–Crippen MR) is 74.8 cm³/mol. The van der Waals surface area contributed by atoms with E-state index in [-0.39, 0.29) is 0 Å². The molecule has 0 atom stereocenters. The van der Waals surface area contributed by atoms with E-state index in [1.54, 1.807) is 11.8 Å². The van der Waals surface area contributed by atoms with Crippen LogP contribution >= 0.6 is 11.8 Å². The Labute approximate surface area is 108 Å². The molecule has 0 aromatic heterocycles. The second kappa shape index (κ2) is 6.53. The molecule has 3 nitrogen and oxygen atoms in total. The van der Waals surface area contributed by atoms with Gasteiger partial charge in [-0.05, 0) is 32.5 Å². The van der Waals surface area contributed by atoms with Crippen molar-refractivity contribution >= 4 is 17.4 Å². The molecule has 0 aliphatic rings. The summed E-state index contributed by atoms with van der Waals surface area (Å²) in [7, 11) is 6.14. The summed E-state index contributed by atoms with van der Waals surface area (Å²) in [5.41, 5.74) is 1.79.